The lowest BCUT2D eigenvalue weighted by atomic mass is 9.96. The number of aliphatic hydroxyl groups is 2. The predicted octanol–water partition coefficient (Wildman–Crippen LogP) is 4.43. The second-order valence-corrected chi connectivity index (χ2v) is 10.2. The van der Waals surface area contributed by atoms with Crippen LogP contribution in [-0.4, -0.2) is 57.5 Å². The van der Waals surface area contributed by atoms with E-state index in [1.807, 2.05) is 81.4 Å². The molecule has 0 unspecified atom stereocenters. The normalized spacial score (nSPS) is 21.6. The van der Waals surface area contributed by atoms with Gasteiger partial charge in [-0.2, -0.15) is 0 Å². The van der Waals surface area contributed by atoms with Crippen LogP contribution in [0, 0.1) is 0 Å². The van der Waals surface area contributed by atoms with Crippen molar-refractivity contribution in [3.8, 4) is 0 Å². The van der Waals surface area contributed by atoms with Gasteiger partial charge < -0.3 is 29.3 Å². The van der Waals surface area contributed by atoms with Gasteiger partial charge in [-0.05, 0) is 52.2 Å². The molecule has 0 radical (unpaired) electrons. The van der Waals surface area contributed by atoms with Gasteiger partial charge in [0.05, 0.1) is 6.10 Å². The fraction of sp³-hybridized carbons (Fsp3) is 0.519. The van der Waals surface area contributed by atoms with Gasteiger partial charge in [-0.1, -0.05) is 60.7 Å². The zero-order chi connectivity index (χ0) is 24.9. The van der Waals surface area contributed by atoms with Crippen molar-refractivity contribution in [2.75, 3.05) is 6.54 Å². The molecule has 186 valence electrons. The summed E-state index contributed by atoms with van der Waals surface area (Å²) in [5.74, 6) is -0.901. The fourth-order valence-electron chi connectivity index (χ4n) is 3.98. The highest BCUT2D eigenvalue weighted by Crippen LogP contribution is 2.40. The molecule has 34 heavy (non-hydrogen) atoms. The maximum Gasteiger partial charge on any atom is 0.410 e. The Morgan fingerprint density at radius 3 is 2.21 bits per heavy atom. The van der Waals surface area contributed by atoms with Crippen LogP contribution < -0.4 is 0 Å². The van der Waals surface area contributed by atoms with Crippen molar-refractivity contribution < 1.29 is 29.2 Å². The van der Waals surface area contributed by atoms with E-state index in [0.717, 1.165) is 11.1 Å². The zero-order valence-corrected chi connectivity index (χ0v) is 20.7. The fourth-order valence-corrected chi connectivity index (χ4v) is 3.98. The van der Waals surface area contributed by atoms with Crippen LogP contribution in [0.4, 0.5) is 4.79 Å². The summed E-state index contributed by atoms with van der Waals surface area (Å²) in [4.78, 5) is 14.4. The van der Waals surface area contributed by atoms with Crippen LogP contribution in [-0.2, 0) is 20.8 Å². The second kappa shape index (κ2) is 10.9. The minimum absolute atomic E-state index is 0.148. The molecule has 7 heteroatoms. The Balaban J connectivity index is 1.69. The van der Waals surface area contributed by atoms with Gasteiger partial charge in [-0.25, -0.2) is 4.79 Å². The largest absolute Gasteiger partial charge is 0.444 e. The van der Waals surface area contributed by atoms with E-state index >= 15 is 0 Å². The molecule has 2 N–H and O–H groups in total. The second-order valence-electron chi connectivity index (χ2n) is 10.2. The average molecular weight is 472 g/mol. The number of amides is 1. The number of aliphatic hydroxyl groups excluding tert-OH is 2. The summed E-state index contributed by atoms with van der Waals surface area (Å²) in [6, 6.07) is 19.1. The molecule has 0 aromatic heterocycles. The van der Waals surface area contributed by atoms with Crippen LogP contribution in [0.25, 0.3) is 0 Å². The van der Waals surface area contributed by atoms with Crippen LogP contribution >= 0.6 is 0 Å². The molecule has 4 atom stereocenters. The minimum atomic E-state index is -1.20. The molecule has 2 aromatic rings. The first-order chi connectivity index (χ1) is 16.0. The summed E-state index contributed by atoms with van der Waals surface area (Å²) in [5, 5.41) is 21.9. The van der Waals surface area contributed by atoms with Gasteiger partial charge in [-0.15, -0.1) is 0 Å². The van der Waals surface area contributed by atoms with E-state index in [2.05, 4.69) is 0 Å². The predicted molar refractivity (Wildman–Crippen MR) is 129 cm³/mol. The van der Waals surface area contributed by atoms with Gasteiger partial charge in [0, 0.05) is 13.1 Å². The lowest BCUT2D eigenvalue weighted by Crippen LogP contribution is -2.43. The molecule has 0 saturated carbocycles. The van der Waals surface area contributed by atoms with E-state index < -0.39 is 41.9 Å². The van der Waals surface area contributed by atoms with E-state index in [9.17, 15) is 15.0 Å². The molecule has 1 saturated heterocycles. The third-order valence-corrected chi connectivity index (χ3v) is 5.55. The first-order valence-corrected chi connectivity index (χ1v) is 11.7. The average Bonchev–Trinajstić information content (AvgIpc) is 3.11. The molecule has 3 rings (SSSR count). The van der Waals surface area contributed by atoms with Crippen molar-refractivity contribution in [2.24, 2.45) is 0 Å². The van der Waals surface area contributed by atoms with Crippen LogP contribution in [0.15, 0.2) is 60.7 Å². The van der Waals surface area contributed by atoms with Crippen LogP contribution in [0.1, 0.15) is 58.3 Å². The quantitative estimate of drug-likeness (QED) is 0.592. The maximum absolute atomic E-state index is 12.8. The van der Waals surface area contributed by atoms with Crippen molar-refractivity contribution in [1.82, 2.24) is 4.90 Å². The zero-order valence-electron chi connectivity index (χ0n) is 20.7. The third-order valence-electron chi connectivity index (χ3n) is 5.55. The highest BCUT2D eigenvalue weighted by atomic mass is 16.8. The van der Waals surface area contributed by atoms with Crippen molar-refractivity contribution in [3.05, 3.63) is 71.8 Å². The summed E-state index contributed by atoms with van der Waals surface area (Å²) >= 11 is 0. The first kappa shape index (κ1) is 26.2. The van der Waals surface area contributed by atoms with Gasteiger partial charge in [0.25, 0.3) is 0 Å². The molecule has 1 amide bonds. The highest BCUT2D eigenvalue weighted by molar-refractivity contribution is 5.68. The number of ether oxygens (including phenoxy) is 3. The Labute approximate surface area is 202 Å². The molecular weight excluding hydrogens is 434 g/mol. The number of hydrogen-bond acceptors (Lipinski definition) is 6. The van der Waals surface area contributed by atoms with Crippen molar-refractivity contribution in [3.63, 3.8) is 0 Å². The summed E-state index contributed by atoms with van der Waals surface area (Å²) in [6.45, 7) is 9.54. The van der Waals surface area contributed by atoms with Crippen molar-refractivity contribution in [2.45, 2.75) is 83.4 Å². The van der Waals surface area contributed by atoms with E-state index in [0.29, 0.717) is 6.54 Å². The van der Waals surface area contributed by atoms with Gasteiger partial charge >= 0.3 is 6.09 Å². The summed E-state index contributed by atoms with van der Waals surface area (Å²) in [6.07, 6.45) is -3.93. The number of carbonyl (C=O) groups is 1. The van der Waals surface area contributed by atoms with Gasteiger partial charge in [0.15, 0.2) is 5.79 Å². The van der Waals surface area contributed by atoms with Crippen molar-refractivity contribution >= 4 is 6.09 Å². The van der Waals surface area contributed by atoms with Gasteiger partial charge in [0.1, 0.15) is 23.9 Å². The number of rotatable bonds is 8. The lowest BCUT2D eigenvalue weighted by molar-refractivity contribution is -0.163. The number of carbonyl (C=O) groups excluding carboxylic acids is 1. The number of benzene rings is 2. The Morgan fingerprint density at radius 2 is 1.62 bits per heavy atom. The van der Waals surface area contributed by atoms with E-state index in [1.165, 1.54) is 0 Å². The Kier molecular flexibility index (Phi) is 8.36. The SMILES string of the molecule is CC(C)(C)OC(=O)N(CC[C@@H](O)[C@@H](O)[C@@H]1OC(C)(C)O[C@H]1c1ccccc1)Cc1ccccc1. The minimum Gasteiger partial charge on any atom is -0.444 e. The smallest absolute Gasteiger partial charge is 0.410 e. The monoisotopic (exact) mass is 471 g/mol. The number of hydrogen-bond donors (Lipinski definition) is 2. The maximum atomic E-state index is 12.8. The molecule has 0 spiro atoms. The molecule has 1 aliphatic rings. The Hall–Kier alpha value is -2.45. The topological polar surface area (TPSA) is 88.5 Å². The van der Waals surface area contributed by atoms with Crippen LogP contribution in [0.5, 0.6) is 0 Å². The van der Waals surface area contributed by atoms with Gasteiger partial charge in [0.2, 0.25) is 0 Å². The van der Waals surface area contributed by atoms with Gasteiger partial charge in [-0.3, -0.25) is 0 Å². The summed E-state index contributed by atoms with van der Waals surface area (Å²) in [7, 11) is 0. The molecule has 1 fully saturated rings. The van der Waals surface area contributed by atoms with Crippen LogP contribution in [0.3, 0.4) is 0 Å². The lowest BCUT2D eigenvalue weighted by Gasteiger charge is -2.30. The molecule has 0 bridgehead atoms. The summed E-state index contributed by atoms with van der Waals surface area (Å²) < 4.78 is 17.6. The molecule has 0 aliphatic carbocycles. The number of nitrogens with zero attached hydrogens (tertiary/aromatic N) is 1. The standard InChI is InChI=1S/C27H37NO6/c1-26(2,3)34-25(31)28(18-19-12-8-6-9-13-19)17-16-21(29)22(30)24-23(32-27(4,5)33-24)20-14-10-7-11-15-20/h6-15,21-24,29-30H,16-18H2,1-5H3/t21-,22-,23+,24+/m1/s1. The first-order valence-electron chi connectivity index (χ1n) is 11.7. The summed E-state index contributed by atoms with van der Waals surface area (Å²) in [5.41, 5.74) is 1.17. The van der Waals surface area contributed by atoms with E-state index in [-0.39, 0.29) is 13.0 Å². The van der Waals surface area contributed by atoms with Crippen molar-refractivity contribution in [1.29, 1.82) is 0 Å². The van der Waals surface area contributed by atoms with E-state index in [4.69, 9.17) is 14.2 Å². The Morgan fingerprint density at radius 1 is 1.03 bits per heavy atom. The third kappa shape index (κ3) is 7.27. The molecule has 1 heterocycles. The molecular formula is C27H37NO6. The Bertz CT molecular complexity index is 912. The van der Waals surface area contributed by atoms with E-state index in [1.54, 1.807) is 18.7 Å². The molecule has 1 aliphatic heterocycles. The molecule has 2 aromatic carbocycles. The van der Waals surface area contributed by atoms with Crippen LogP contribution in [0.2, 0.25) is 0 Å². The molecule has 7 nitrogen and oxygen atoms in total. The highest BCUT2D eigenvalue weighted by Gasteiger charge is 2.47.